The molecule has 0 fully saturated rings. The van der Waals surface area contributed by atoms with E-state index in [-0.39, 0.29) is 5.75 Å². The van der Waals surface area contributed by atoms with Gasteiger partial charge in [0.1, 0.15) is 0 Å². The summed E-state index contributed by atoms with van der Waals surface area (Å²) in [6.45, 7) is 1.97. The Balaban J connectivity index is 1.87. The van der Waals surface area contributed by atoms with E-state index >= 15 is 0 Å². The van der Waals surface area contributed by atoms with E-state index in [4.69, 9.17) is 5.73 Å². The second kappa shape index (κ2) is 5.28. The molecule has 1 aliphatic carbocycles. The molecule has 110 valence electrons. The van der Waals surface area contributed by atoms with Crippen molar-refractivity contribution < 1.29 is 8.42 Å². The van der Waals surface area contributed by atoms with Crippen LogP contribution in [0.1, 0.15) is 28.3 Å². The van der Waals surface area contributed by atoms with E-state index in [1.807, 2.05) is 55.5 Å². The first-order valence-corrected chi connectivity index (χ1v) is 8.79. The molecule has 0 spiro atoms. The lowest BCUT2D eigenvalue weighted by Crippen LogP contribution is -2.31. The molecular weight excluding hydrogens is 282 g/mol. The summed E-state index contributed by atoms with van der Waals surface area (Å²) in [5.74, 6) is 0.0566. The van der Waals surface area contributed by atoms with Crippen LogP contribution in [-0.2, 0) is 22.0 Å². The Hall–Kier alpha value is -1.65. The summed E-state index contributed by atoms with van der Waals surface area (Å²) < 4.78 is 25.4. The second-order valence-electron chi connectivity index (χ2n) is 5.76. The van der Waals surface area contributed by atoms with Crippen LogP contribution < -0.4 is 5.73 Å². The molecule has 0 saturated heterocycles. The van der Waals surface area contributed by atoms with E-state index in [1.54, 1.807) is 0 Å². The maximum absolute atomic E-state index is 12.7. The molecule has 0 amide bonds. The van der Waals surface area contributed by atoms with Gasteiger partial charge in [-0.3, -0.25) is 0 Å². The summed E-state index contributed by atoms with van der Waals surface area (Å²) in [4.78, 5) is 0. The number of sulfone groups is 1. The molecule has 0 heterocycles. The summed E-state index contributed by atoms with van der Waals surface area (Å²) in [5, 5.41) is -0.518. The first-order valence-electron chi connectivity index (χ1n) is 7.08. The van der Waals surface area contributed by atoms with Crippen LogP contribution >= 0.6 is 0 Å². The molecule has 0 aromatic heterocycles. The van der Waals surface area contributed by atoms with Gasteiger partial charge < -0.3 is 5.73 Å². The normalized spacial score (nSPS) is 21.2. The number of hydrogen-bond donors (Lipinski definition) is 1. The highest BCUT2D eigenvalue weighted by Crippen LogP contribution is 2.34. The Morgan fingerprint density at radius 3 is 2.62 bits per heavy atom. The summed E-state index contributed by atoms with van der Waals surface area (Å²) >= 11 is 0. The van der Waals surface area contributed by atoms with E-state index in [2.05, 4.69) is 0 Å². The van der Waals surface area contributed by atoms with Gasteiger partial charge >= 0.3 is 0 Å². The number of benzene rings is 2. The molecule has 3 rings (SSSR count). The minimum atomic E-state index is -3.27. The van der Waals surface area contributed by atoms with Gasteiger partial charge in [-0.25, -0.2) is 8.42 Å². The van der Waals surface area contributed by atoms with Crippen molar-refractivity contribution in [3.8, 4) is 0 Å². The molecule has 0 saturated carbocycles. The van der Waals surface area contributed by atoms with Gasteiger partial charge in [0.2, 0.25) is 0 Å². The molecule has 21 heavy (non-hydrogen) atoms. The first-order chi connectivity index (χ1) is 9.97. The third-order valence-electron chi connectivity index (χ3n) is 4.15. The van der Waals surface area contributed by atoms with E-state index in [1.165, 1.54) is 0 Å². The van der Waals surface area contributed by atoms with Crippen molar-refractivity contribution in [2.75, 3.05) is 0 Å². The molecule has 0 radical (unpaired) electrons. The summed E-state index contributed by atoms with van der Waals surface area (Å²) in [7, 11) is -3.27. The Morgan fingerprint density at radius 1 is 1.14 bits per heavy atom. The van der Waals surface area contributed by atoms with Crippen LogP contribution in [0.2, 0.25) is 0 Å². The van der Waals surface area contributed by atoms with E-state index in [0.29, 0.717) is 6.42 Å². The summed E-state index contributed by atoms with van der Waals surface area (Å²) in [6.07, 6.45) is 0.519. The highest BCUT2D eigenvalue weighted by atomic mass is 32.2. The van der Waals surface area contributed by atoms with E-state index < -0.39 is 21.1 Å². The molecule has 0 aliphatic heterocycles. The second-order valence-corrected chi connectivity index (χ2v) is 7.98. The minimum Gasteiger partial charge on any atom is -0.323 e. The van der Waals surface area contributed by atoms with Crippen LogP contribution in [-0.4, -0.2) is 13.7 Å². The van der Waals surface area contributed by atoms with Crippen LogP contribution in [0, 0.1) is 6.92 Å². The molecule has 3 nitrogen and oxygen atoms in total. The Kier molecular flexibility index (Phi) is 3.59. The van der Waals surface area contributed by atoms with Gasteiger partial charge in [0.05, 0.1) is 11.0 Å². The van der Waals surface area contributed by atoms with Gasteiger partial charge in [-0.15, -0.1) is 0 Å². The predicted octanol–water partition coefficient (Wildman–Crippen LogP) is 2.53. The van der Waals surface area contributed by atoms with Gasteiger partial charge in [0.25, 0.3) is 0 Å². The molecule has 2 unspecified atom stereocenters. The maximum atomic E-state index is 12.7. The van der Waals surface area contributed by atoms with Crippen molar-refractivity contribution in [2.45, 2.75) is 30.4 Å². The zero-order valence-electron chi connectivity index (χ0n) is 12.0. The van der Waals surface area contributed by atoms with E-state index in [0.717, 1.165) is 22.3 Å². The van der Waals surface area contributed by atoms with Crippen LogP contribution in [0.25, 0.3) is 0 Å². The smallest absolute Gasteiger partial charge is 0.159 e. The predicted molar refractivity (Wildman–Crippen MR) is 84.7 cm³/mol. The summed E-state index contributed by atoms with van der Waals surface area (Å²) in [6, 6.07) is 15.0. The molecule has 4 heteroatoms. The number of rotatable bonds is 3. The number of fused-ring (bicyclic) bond motifs is 1. The van der Waals surface area contributed by atoms with Crippen LogP contribution in [0.5, 0.6) is 0 Å². The van der Waals surface area contributed by atoms with Crippen LogP contribution in [0.15, 0.2) is 48.5 Å². The van der Waals surface area contributed by atoms with Crippen molar-refractivity contribution in [3.05, 3.63) is 70.8 Å². The first kappa shape index (κ1) is 14.3. The highest BCUT2D eigenvalue weighted by molar-refractivity contribution is 7.91. The molecule has 2 aromatic rings. The molecule has 2 N–H and O–H groups in total. The number of nitrogens with two attached hydrogens (primary N) is 1. The zero-order chi connectivity index (χ0) is 15.0. The standard InChI is InChI=1S/C17H19NO2S/c1-12-5-4-6-13(9-12)11-21(19,20)16-10-14-7-2-3-8-15(14)17(16)18/h2-9,16-17H,10-11,18H2,1H3. The minimum absolute atomic E-state index is 0.0566. The van der Waals surface area contributed by atoms with Crippen molar-refractivity contribution in [1.29, 1.82) is 0 Å². The SMILES string of the molecule is Cc1cccc(CS(=O)(=O)C2Cc3ccccc3C2N)c1. The molecule has 0 bridgehead atoms. The van der Waals surface area contributed by atoms with Crippen LogP contribution in [0.3, 0.4) is 0 Å². The van der Waals surface area contributed by atoms with Gasteiger partial charge in [0, 0.05) is 6.04 Å². The van der Waals surface area contributed by atoms with Crippen LogP contribution in [0.4, 0.5) is 0 Å². The summed E-state index contributed by atoms with van der Waals surface area (Å²) in [5.41, 5.74) is 10.1. The Morgan fingerprint density at radius 2 is 1.90 bits per heavy atom. The Labute approximate surface area is 125 Å². The average molecular weight is 301 g/mol. The lowest BCUT2D eigenvalue weighted by atomic mass is 10.1. The monoisotopic (exact) mass is 301 g/mol. The third kappa shape index (κ3) is 2.74. The van der Waals surface area contributed by atoms with Gasteiger partial charge in [-0.05, 0) is 30.0 Å². The fourth-order valence-electron chi connectivity index (χ4n) is 3.08. The lowest BCUT2D eigenvalue weighted by molar-refractivity contribution is 0.564. The van der Waals surface area contributed by atoms with Crippen molar-refractivity contribution in [1.82, 2.24) is 0 Å². The van der Waals surface area contributed by atoms with Crippen molar-refractivity contribution >= 4 is 9.84 Å². The fourth-order valence-corrected chi connectivity index (χ4v) is 4.97. The quantitative estimate of drug-likeness (QED) is 0.947. The molecule has 2 atom stereocenters. The average Bonchev–Trinajstić information content (AvgIpc) is 2.77. The number of hydrogen-bond acceptors (Lipinski definition) is 3. The lowest BCUT2D eigenvalue weighted by Gasteiger charge is -2.17. The van der Waals surface area contributed by atoms with Gasteiger partial charge in [0.15, 0.2) is 9.84 Å². The van der Waals surface area contributed by atoms with Crippen molar-refractivity contribution in [3.63, 3.8) is 0 Å². The van der Waals surface area contributed by atoms with Gasteiger partial charge in [-0.1, -0.05) is 54.1 Å². The molecule has 1 aliphatic rings. The Bertz CT molecular complexity index is 768. The highest BCUT2D eigenvalue weighted by Gasteiger charge is 2.38. The largest absolute Gasteiger partial charge is 0.323 e. The van der Waals surface area contributed by atoms with E-state index in [9.17, 15) is 8.42 Å². The molecule has 2 aromatic carbocycles. The number of aryl methyl sites for hydroxylation is 1. The van der Waals surface area contributed by atoms with Crippen molar-refractivity contribution in [2.24, 2.45) is 5.73 Å². The molecular formula is C17H19NO2S. The third-order valence-corrected chi connectivity index (χ3v) is 6.27. The van der Waals surface area contributed by atoms with Gasteiger partial charge in [-0.2, -0.15) is 0 Å². The fraction of sp³-hybridized carbons (Fsp3) is 0.294. The topological polar surface area (TPSA) is 60.2 Å². The zero-order valence-corrected chi connectivity index (χ0v) is 12.8. The maximum Gasteiger partial charge on any atom is 0.159 e.